The van der Waals surface area contributed by atoms with Crippen molar-refractivity contribution in [1.82, 2.24) is 9.97 Å². The zero-order valence-corrected chi connectivity index (χ0v) is 21.5. The number of rotatable bonds is 6. The number of esters is 1. The SMILES string of the molecule is CC1(C)CCCCC1.COC(=O)Cc1cc2nc(Nc3ccc(OC(C)C)cc3)[nH]c2cc1C. The molecule has 1 heterocycles. The van der Waals surface area contributed by atoms with Crippen LogP contribution in [0.5, 0.6) is 5.75 Å². The van der Waals surface area contributed by atoms with Crippen molar-refractivity contribution in [3.05, 3.63) is 47.5 Å². The van der Waals surface area contributed by atoms with Gasteiger partial charge >= 0.3 is 5.97 Å². The van der Waals surface area contributed by atoms with E-state index in [4.69, 9.17) is 9.47 Å². The first-order valence-corrected chi connectivity index (χ1v) is 12.2. The first-order chi connectivity index (χ1) is 16.1. The maximum Gasteiger partial charge on any atom is 0.309 e. The van der Waals surface area contributed by atoms with Gasteiger partial charge < -0.3 is 19.8 Å². The number of anilines is 2. The molecule has 184 valence electrons. The molecular formula is C28H39N3O3. The Labute approximate surface area is 203 Å². The standard InChI is InChI=1S/C20H23N3O3.C8H16/c1-12(2)26-16-7-5-15(6-8-16)21-20-22-17-9-13(3)14(10-18(17)23-20)11-19(24)25-4;1-8(2)6-4-3-5-7-8/h5-10,12H,11H2,1-4H3,(H2,21,22,23);3-7H2,1-2H3. The van der Waals surface area contributed by atoms with Gasteiger partial charge in [-0.1, -0.05) is 33.1 Å². The molecule has 0 saturated heterocycles. The fourth-order valence-corrected chi connectivity index (χ4v) is 4.22. The van der Waals surface area contributed by atoms with Crippen LogP contribution in [0, 0.1) is 12.3 Å². The highest BCUT2D eigenvalue weighted by atomic mass is 16.5. The predicted octanol–water partition coefficient (Wildman–Crippen LogP) is 7.09. The lowest BCUT2D eigenvalue weighted by atomic mass is 9.78. The molecule has 1 aliphatic carbocycles. The van der Waals surface area contributed by atoms with Crippen molar-refractivity contribution in [3.63, 3.8) is 0 Å². The van der Waals surface area contributed by atoms with E-state index < -0.39 is 0 Å². The Hall–Kier alpha value is -3.02. The van der Waals surface area contributed by atoms with Crippen LogP contribution in [-0.4, -0.2) is 29.2 Å². The van der Waals surface area contributed by atoms with Crippen LogP contribution in [0.2, 0.25) is 0 Å². The van der Waals surface area contributed by atoms with E-state index >= 15 is 0 Å². The minimum atomic E-state index is -0.259. The highest BCUT2D eigenvalue weighted by molar-refractivity contribution is 5.82. The van der Waals surface area contributed by atoms with Gasteiger partial charge in [-0.15, -0.1) is 0 Å². The average Bonchev–Trinajstić information content (AvgIpc) is 3.16. The quantitative estimate of drug-likeness (QED) is 0.380. The Morgan fingerprint density at radius 1 is 1.12 bits per heavy atom. The fraction of sp³-hybridized carbons (Fsp3) is 0.500. The number of fused-ring (bicyclic) bond motifs is 1. The van der Waals surface area contributed by atoms with Gasteiger partial charge in [-0.3, -0.25) is 4.79 Å². The highest BCUT2D eigenvalue weighted by Gasteiger charge is 2.20. The normalized spacial score (nSPS) is 14.9. The molecule has 2 aromatic carbocycles. The number of ether oxygens (including phenoxy) is 2. The van der Waals surface area contributed by atoms with E-state index in [9.17, 15) is 4.79 Å². The van der Waals surface area contributed by atoms with E-state index in [0.29, 0.717) is 11.4 Å². The summed E-state index contributed by atoms with van der Waals surface area (Å²) in [6.07, 6.45) is 7.70. The number of aromatic amines is 1. The molecule has 0 amide bonds. The van der Waals surface area contributed by atoms with Gasteiger partial charge in [0.25, 0.3) is 0 Å². The summed E-state index contributed by atoms with van der Waals surface area (Å²) in [5.74, 6) is 1.22. The van der Waals surface area contributed by atoms with Gasteiger partial charge in [0.1, 0.15) is 5.75 Å². The van der Waals surface area contributed by atoms with Crippen molar-refractivity contribution in [2.75, 3.05) is 12.4 Å². The van der Waals surface area contributed by atoms with E-state index in [1.54, 1.807) is 0 Å². The third kappa shape index (κ3) is 7.51. The molecular weight excluding hydrogens is 426 g/mol. The van der Waals surface area contributed by atoms with Crippen LogP contribution >= 0.6 is 0 Å². The number of nitrogens with one attached hydrogen (secondary N) is 2. The summed E-state index contributed by atoms with van der Waals surface area (Å²) in [7, 11) is 1.39. The van der Waals surface area contributed by atoms with E-state index in [1.165, 1.54) is 39.2 Å². The molecule has 0 bridgehead atoms. The third-order valence-electron chi connectivity index (χ3n) is 6.20. The minimum absolute atomic E-state index is 0.145. The van der Waals surface area contributed by atoms with Crippen LogP contribution < -0.4 is 10.1 Å². The molecule has 0 aliphatic heterocycles. The van der Waals surface area contributed by atoms with Crippen molar-refractivity contribution >= 4 is 28.6 Å². The average molecular weight is 466 g/mol. The van der Waals surface area contributed by atoms with Crippen molar-refractivity contribution < 1.29 is 14.3 Å². The summed E-state index contributed by atoms with van der Waals surface area (Å²) in [6, 6.07) is 11.6. The Bertz CT molecular complexity index is 1080. The van der Waals surface area contributed by atoms with Crippen LogP contribution in [-0.2, 0) is 16.0 Å². The van der Waals surface area contributed by atoms with Gasteiger partial charge in [0.2, 0.25) is 5.95 Å². The molecule has 3 aromatic rings. The second-order valence-electron chi connectivity index (χ2n) is 10.2. The Morgan fingerprint density at radius 2 is 1.79 bits per heavy atom. The van der Waals surface area contributed by atoms with Crippen LogP contribution in [0.15, 0.2) is 36.4 Å². The predicted molar refractivity (Wildman–Crippen MR) is 139 cm³/mol. The number of carbonyl (C=O) groups excluding carboxylic acids is 1. The number of aromatic nitrogens is 2. The maximum atomic E-state index is 11.5. The van der Waals surface area contributed by atoms with Crippen molar-refractivity contribution in [2.45, 2.75) is 79.2 Å². The Balaban J connectivity index is 0.000000343. The Morgan fingerprint density at radius 3 is 2.35 bits per heavy atom. The zero-order valence-electron chi connectivity index (χ0n) is 21.5. The topological polar surface area (TPSA) is 76.2 Å². The summed E-state index contributed by atoms with van der Waals surface area (Å²) in [6.45, 7) is 10.7. The van der Waals surface area contributed by atoms with Crippen molar-refractivity contribution in [3.8, 4) is 5.75 Å². The van der Waals surface area contributed by atoms with Gasteiger partial charge in [0, 0.05) is 5.69 Å². The molecule has 1 saturated carbocycles. The first-order valence-electron chi connectivity index (χ1n) is 12.2. The van der Waals surface area contributed by atoms with Crippen LogP contribution in [0.1, 0.15) is 70.9 Å². The maximum absolute atomic E-state index is 11.5. The number of benzene rings is 2. The van der Waals surface area contributed by atoms with E-state index in [2.05, 4.69) is 29.1 Å². The zero-order chi connectivity index (χ0) is 24.7. The second kappa shape index (κ2) is 11.4. The summed E-state index contributed by atoms with van der Waals surface area (Å²) in [4.78, 5) is 19.4. The van der Waals surface area contributed by atoms with Crippen molar-refractivity contribution in [2.24, 2.45) is 5.41 Å². The van der Waals surface area contributed by atoms with E-state index in [0.717, 1.165) is 33.6 Å². The monoisotopic (exact) mass is 465 g/mol. The summed E-state index contributed by atoms with van der Waals surface area (Å²) in [5.41, 5.74) is 5.24. The van der Waals surface area contributed by atoms with Crippen LogP contribution in [0.4, 0.5) is 11.6 Å². The largest absolute Gasteiger partial charge is 0.491 e. The molecule has 0 spiro atoms. The van der Waals surface area contributed by atoms with Gasteiger partial charge in [0.05, 0.1) is 30.7 Å². The molecule has 4 rings (SSSR count). The lowest BCUT2D eigenvalue weighted by molar-refractivity contribution is -0.139. The van der Waals surface area contributed by atoms with Gasteiger partial charge in [-0.2, -0.15) is 0 Å². The van der Waals surface area contributed by atoms with Gasteiger partial charge in [0.15, 0.2) is 0 Å². The van der Waals surface area contributed by atoms with Gasteiger partial charge in [-0.05, 0) is 86.6 Å². The van der Waals surface area contributed by atoms with E-state index in [-0.39, 0.29) is 18.5 Å². The molecule has 1 aliphatic rings. The summed E-state index contributed by atoms with van der Waals surface area (Å²) >= 11 is 0. The first kappa shape index (κ1) is 25.6. The third-order valence-corrected chi connectivity index (χ3v) is 6.20. The number of hydrogen-bond acceptors (Lipinski definition) is 5. The number of carbonyl (C=O) groups is 1. The molecule has 1 aromatic heterocycles. The lowest BCUT2D eigenvalue weighted by Gasteiger charge is -2.28. The molecule has 0 atom stereocenters. The molecule has 2 N–H and O–H groups in total. The van der Waals surface area contributed by atoms with Gasteiger partial charge in [-0.25, -0.2) is 4.98 Å². The molecule has 1 fully saturated rings. The van der Waals surface area contributed by atoms with Crippen molar-refractivity contribution in [1.29, 1.82) is 0 Å². The highest BCUT2D eigenvalue weighted by Crippen LogP contribution is 2.34. The number of aryl methyl sites for hydroxylation is 1. The minimum Gasteiger partial charge on any atom is -0.491 e. The second-order valence-corrected chi connectivity index (χ2v) is 10.2. The number of imidazole rings is 1. The van der Waals surface area contributed by atoms with Crippen LogP contribution in [0.3, 0.4) is 0 Å². The molecule has 34 heavy (non-hydrogen) atoms. The number of nitrogens with zero attached hydrogens (tertiary/aromatic N) is 1. The molecule has 6 heteroatoms. The smallest absolute Gasteiger partial charge is 0.309 e. The number of H-pyrrole nitrogens is 1. The summed E-state index contributed by atoms with van der Waals surface area (Å²) < 4.78 is 10.4. The molecule has 0 radical (unpaired) electrons. The Kier molecular flexibility index (Phi) is 8.59. The summed E-state index contributed by atoms with van der Waals surface area (Å²) in [5, 5.41) is 3.25. The number of methoxy groups -OCH3 is 1. The van der Waals surface area contributed by atoms with Crippen LogP contribution in [0.25, 0.3) is 11.0 Å². The fourth-order valence-electron chi connectivity index (χ4n) is 4.22. The van der Waals surface area contributed by atoms with E-state index in [1.807, 2.05) is 57.2 Å². The number of hydrogen-bond donors (Lipinski definition) is 2. The lowest BCUT2D eigenvalue weighted by Crippen LogP contribution is -2.14. The molecule has 0 unspecified atom stereocenters. The molecule has 6 nitrogen and oxygen atoms in total.